The maximum atomic E-state index is 13.7. The average Bonchev–Trinajstić information content (AvgIpc) is 3.07. The Balaban J connectivity index is 1.89. The highest BCUT2D eigenvalue weighted by Gasteiger charge is 2.57. The number of nitrogens with one attached hydrogen (secondary N) is 1. The minimum absolute atomic E-state index is 0.0521. The third-order valence-electron chi connectivity index (χ3n) is 7.32. The van der Waals surface area contributed by atoms with E-state index in [0.717, 1.165) is 38.5 Å². The van der Waals surface area contributed by atoms with Gasteiger partial charge in [0.2, 0.25) is 11.8 Å². The van der Waals surface area contributed by atoms with E-state index in [4.69, 9.17) is 4.74 Å². The molecule has 1 aliphatic heterocycles. The third-order valence-corrected chi connectivity index (χ3v) is 7.32. The van der Waals surface area contributed by atoms with Crippen LogP contribution in [0.25, 0.3) is 0 Å². The zero-order valence-corrected chi connectivity index (χ0v) is 19.6. The summed E-state index contributed by atoms with van der Waals surface area (Å²) in [6, 6.07) is -0.449. The van der Waals surface area contributed by atoms with Crippen molar-refractivity contribution < 1.29 is 24.2 Å². The van der Waals surface area contributed by atoms with Gasteiger partial charge in [0.05, 0.1) is 18.4 Å². The zero-order valence-electron chi connectivity index (χ0n) is 19.6. The highest BCUT2D eigenvalue weighted by Crippen LogP contribution is 2.45. The van der Waals surface area contributed by atoms with Crippen molar-refractivity contribution >= 4 is 17.8 Å². The molecule has 0 unspecified atom stereocenters. The van der Waals surface area contributed by atoms with Gasteiger partial charge in [-0.2, -0.15) is 0 Å². The lowest BCUT2D eigenvalue weighted by Crippen LogP contribution is -2.50. The Morgan fingerprint density at radius 2 is 1.91 bits per heavy atom. The molecule has 180 valence electrons. The molecule has 7 heteroatoms. The summed E-state index contributed by atoms with van der Waals surface area (Å²) in [7, 11) is 0. The van der Waals surface area contributed by atoms with Crippen molar-refractivity contribution in [3.05, 3.63) is 12.2 Å². The van der Waals surface area contributed by atoms with E-state index in [1.54, 1.807) is 11.8 Å². The average molecular weight is 449 g/mol. The van der Waals surface area contributed by atoms with Crippen LogP contribution in [0, 0.1) is 23.7 Å². The van der Waals surface area contributed by atoms with Crippen LogP contribution in [0.5, 0.6) is 0 Å². The number of allylic oxidation sites excluding steroid dienone is 1. The Morgan fingerprint density at radius 1 is 1.16 bits per heavy atom. The maximum absolute atomic E-state index is 13.7. The standard InChI is InChI=1S/C25H40N2O5/c1-3-10-17-13-14-19-21(20(17)25(31)32-4-2)24(30)27(15-8-9-16-28)22(19)23(29)26-18-11-6-5-7-12-18/h13-14,17-22,28H,3-12,15-16H2,1-2H3,(H,26,29)/t17-,19+,20-,21+,22+/m1/s1. The molecule has 3 aliphatic rings. The first-order chi connectivity index (χ1) is 15.5. The lowest BCUT2D eigenvalue weighted by molar-refractivity contribution is -0.155. The van der Waals surface area contributed by atoms with Gasteiger partial charge in [0.1, 0.15) is 6.04 Å². The van der Waals surface area contributed by atoms with Gasteiger partial charge in [-0.3, -0.25) is 14.4 Å². The molecule has 0 spiro atoms. The number of rotatable bonds is 10. The summed E-state index contributed by atoms with van der Waals surface area (Å²) in [5.41, 5.74) is 0. The van der Waals surface area contributed by atoms with Crippen LogP contribution in [0.3, 0.4) is 0 Å². The van der Waals surface area contributed by atoms with Crippen LogP contribution >= 0.6 is 0 Å². The fraction of sp³-hybridized carbons (Fsp3) is 0.800. The third kappa shape index (κ3) is 5.36. The molecule has 3 rings (SSSR count). The maximum Gasteiger partial charge on any atom is 0.310 e. The number of hydrogen-bond donors (Lipinski definition) is 2. The Morgan fingerprint density at radius 3 is 2.56 bits per heavy atom. The summed E-state index contributed by atoms with van der Waals surface area (Å²) in [6.45, 7) is 4.59. The smallest absolute Gasteiger partial charge is 0.310 e. The summed E-state index contributed by atoms with van der Waals surface area (Å²) in [4.78, 5) is 41.8. The molecule has 2 N–H and O–H groups in total. The summed E-state index contributed by atoms with van der Waals surface area (Å²) in [5.74, 6) is -2.06. The number of aliphatic hydroxyl groups excluding tert-OH is 1. The van der Waals surface area contributed by atoms with Crippen LogP contribution < -0.4 is 5.32 Å². The van der Waals surface area contributed by atoms with E-state index in [9.17, 15) is 19.5 Å². The second kappa shape index (κ2) is 11.8. The number of aliphatic hydroxyl groups is 1. The number of fused-ring (bicyclic) bond motifs is 1. The summed E-state index contributed by atoms with van der Waals surface area (Å²) in [6.07, 6.45) is 12.3. The minimum Gasteiger partial charge on any atom is -0.466 e. The largest absolute Gasteiger partial charge is 0.466 e. The summed E-state index contributed by atoms with van der Waals surface area (Å²) < 4.78 is 5.39. The fourth-order valence-electron chi connectivity index (χ4n) is 5.83. The number of amides is 2. The van der Waals surface area contributed by atoms with E-state index in [1.165, 1.54) is 6.42 Å². The van der Waals surface area contributed by atoms with E-state index in [-0.39, 0.29) is 48.9 Å². The lowest BCUT2D eigenvalue weighted by Gasteiger charge is -2.34. The van der Waals surface area contributed by atoms with Crippen LogP contribution in [0.4, 0.5) is 0 Å². The molecule has 0 aromatic carbocycles. The van der Waals surface area contributed by atoms with Crippen LogP contribution in [0.2, 0.25) is 0 Å². The molecule has 2 aliphatic carbocycles. The lowest BCUT2D eigenvalue weighted by atomic mass is 9.68. The van der Waals surface area contributed by atoms with Crippen molar-refractivity contribution in [2.45, 2.75) is 83.7 Å². The quantitative estimate of drug-likeness (QED) is 0.304. The van der Waals surface area contributed by atoms with Crippen molar-refractivity contribution in [1.29, 1.82) is 0 Å². The first kappa shape index (κ1) is 24.7. The van der Waals surface area contributed by atoms with Crippen molar-refractivity contribution in [1.82, 2.24) is 10.2 Å². The number of unbranched alkanes of at least 4 members (excludes halogenated alkanes) is 1. The van der Waals surface area contributed by atoms with Crippen LogP contribution in [0.1, 0.15) is 71.6 Å². The van der Waals surface area contributed by atoms with Gasteiger partial charge in [-0.15, -0.1) is 0 Å². The topological polar surface area (TPSA) is 95.9 Å². The number of carbonyl (C=O) groups excluding carboxylic acids is 3. The number of nitrogens with zero attached hydrogens (tertiary/aromatic N) is 1. The fourth-order valence-corrected chi connectivity index (χ4v) is 5.83. The molecule has 2 fully saturated rings. The van der Waals surface area contributed by atoms with Gasteiger partial charge in [0.15, 0.2) is 0 Å². The van der Waals surface area contributed by atoms with Crippen molar-refractivity contribution in [2.24, 2.45) is 23.7 Å². The van der Waals surface area contributed by atoms with Crippen LogP contribution in [-0.4, -0.2) is 59.6 Å². The highest BCUT2D eigenvalue weighted by molar-refractivity contribution is 5.96. The number of likely N-dealkylation sites (tertiary alicyclic amines) is 1. The van der Waals surface area contributed by atoms with Gasteiger partial charge in [0.25, 0.3) is 0 Å². The first-order valence-electron chi connectivity index (χ1n) is 12.6. The van der Waals surface area contributed by atoms with Gasteiger partial charge < -0.3 is 20.1 Å². The molecule has 0 aromatic heterocycles. The number of hydrogen-bond acceptors (Lipinski definition) is 5. The van der Waals surface area contributed by atoms with E-state index < -0.39 is 17.9 Å². The first-order valence-corrected chi connectivity index (χ1v) is 12.6. The number of carbonyl (C=O) groups is 3. The highest BCUT2D eigenvalue weighted by atomic mass is 16.5. The number of esters is 1. The Labute approximate surface area is 191 Å². The molecule has 0 radical (unpaired) electrons. The van der Waals surface area contributed by atoms with Crippen molar-refractivity contribution in [2.75, 3.05) is 19.8 Å². The van der Waals surface area contributed by atoms with E-state index in [1.807, 2.05) is 12.2 Å². The Bertz CT molecular complexity index is 688. The molecule has 2 amide bonds. The predicted molar refractivity (Wildman–Crippen MR) is 121 cm³/mol. The molecule has 0 aromatic rings. The molecular weight excluding hydrogens is 408 g/mol. The molecule has 0 bridgehead atoms. The van der Waals surface area contributed by atoms with Crippen molar-refractivity contribution in [3.8, 4) is 0 Å². The second-order valence-corrected chi connectivity index (χ2v) is 9.47. The van der Waals surface area contributed by atoms with Crippen molar-refractivity contribution in [3.63, 3.8) is 0 Å². The molecule has 32 heavy (non-hydrogen) atoms. The summed E-state index contributed by atoms with van der Waals surface area (Å²) in [5, 5.41) is 12.4. The SMILES string of the molecule is CCC[C@@H]1C=C[C@H]2[C@H](C(=O)N(CCCCO)[C@@H]2C(=O)NC2CCCCC2)[C@@H]1C(=O)OCC. The summed E-state index contributed by atoms with van der Waals surface area (Å²) >= 11 is 0. The predicted octanol–water partition coefficient (Wildman–Crippen LogP) is 2.82. The minimum atomic E-state index is -0.608. The molecule has 1 saturated heterocycles. The van der Waals surface area contributed by atoms with Crippen LogP contribution in [0.15, 0.2) is 12.2 Å². The molecule has 5 atom stereocenters. The van der Waals surface area contributed by atoms with Gasteiger partial charge in [-0.05, 0) is 44.9 Å². The molecule has 1 heterocycles. The Kier molecular flexibility index (Phi) is 9.14. The monoisotopic (exact) mass is 448 g/mol. The second-order valence-electron chi connectivity index (χ2n) is 9.47. The van der Waals surface area contributed by atoms with E-state index in [0.29, 0.717) is 19.4 Å². The molecular formula is C25H40N2O5. The van der Waals surface area contributed by atoms with E-state index in [2.05, 4.69) is 12.2 Å². The van der Waals surface area contributed by atoms with Gasteiger partial charge in [-0.1, -0.05) is 44.8 Å². The van der Waals surface area contributed by atoms with Gasteiger partial charge >= 0.3 is 5.97 Å². The van der Waals surface area contributed by atoms with E-state index >= 15 is 0 Å². The van der Waals surface area contributed by atoms with Gasteiger partial charge in [-0.25, -0.2) is 0 Å². The zero-order chi connectivity index (χ0) is 23.1. The normalized spacial score (nSPS) is 30.3. The van der Waals surface area contributed by atoms with Crippen LogP contribution in [-0.2, 0) is 19.1 Å². The van der Waals surface area contributed by atoms with Gasteiger partial charge in [0, 0.05) is 25.1 Å². The molecule has 1 saturated carbocycles. The Hall–Kier alpha value is -1.89. The number of ether oxygens (including phenoxy) is 1. The molecule has 7 nitrogen and oxygen atoms in total.